The van der Waals surface area contributed by atoms with Crippen molar-refractivity contribution >= 4 is 71.0 Å². The van der Waals surface area contributed by atoms with Crippen LogP contribution in [-0.4, -0.2) is 69.9 Å². The zero-order valence-corrected chi connectivity index (χ0v) is 85.7. The number of hydrogen-bond acceptors (Lipinski definition) is 8. The van der Waals surface area contributed by atoms with Crippen LogP contribution in [0.4, 0.5) is 0 Å². The van der Waals surface area contributed by atoms with Crippen LogP contribution in [0.2, 0.25) is 0 Å². The van der Waals surface area contributed by atoms with Crippen LogP contribution in [0.3, 0.4) is 0 Å². The molecule has 0 saturated heterocycles. The van der Waals surface area contributed by atoms with Crippen molar-refractivity contribution in [3.63, 3.8) is 0 Å². The number of rotatable bonds is 14. The van der Waals surface area contributed by atoms with Gasteiger partial charge >= 0.3 is 84.3 Å². The minimum Gasteiger partial charge on any atom is -0.344 e. The summed E-state index contributed by atoms with van der Waals surface area (Å²) in [5.41, 5.74) is 38.2. The maximum absolute atomic E-state index is 5.37. The summed E-state index contributed by atoms with van der Waals surface area (Å²) < 4.78 is 0. The molecule has 8 bridgehead atoms. The number of fused-ring (bicyclic) bond motifs is 20. The Morgan fingerprint density at radius 3 is 1.05 bits per heavy atom. The fraction of sp³-hybridized carbons (Fsp3) is 0.0560. The first kappa shape index (κ1) is 98.0. The predicted octanol–water partition coefficient (Wildman–Crippen LogP) is 22.8. The van der Waals surface area contributed by atoms with Gasteiger partial charge in [0.2, 0.25) is 6.71 Å². The molecule has 0 N–H and O–H groups in total. The summed E-state index contributed by atoms with van der Waals surface area (Å²) in [7, 11) is 3.55. The summed E-state index contributed by atoms with van der Waals surface area (Å²) in [6.45, 7) is 6.50. The first-order chi connectivity index (χ1) is 66.6. The molecular weight excluding hydrogens is 2420 g/mol. The maximum atomic E-state index is 5.37. The Bertz CT molecular complexity index is 7360. The largest absolute Gasteiger partial charge is 2.00 e. The summed E-state index contributed by atoms with van der Waals surface area (Å²) in [6, 6.07) is 169. The van der Waals surface area contributed by atoms with E-state index in [0.717, 1.165) is 134 Å². The van der Waals surface area contributed by atoms with Gasteiger partial charge in [0.25, 0.3) is 6.71 Å². The second kappa shape index (κ2) is 45.0. The normalized spacial score (nSPS) is 12.0. The number of aliphatic imine (C=N–C) groups is 2. The molecule has 23 rings (SSSR count). The van der Waals surface area contributed by atoms with Crippen molar-refractivity contribution in [3.05, 3.63) is 551 Å². The van der Waals surface area contributed by atoms with Crippen LogP contribution in [0.15, 0.2) is 429 Å². The molecule has 0 radical (unpaired) electrons. The van der Waals surface area contributed by atoms with Crippen molar-refractivity contribution in [1.82, 2.24) is 29.9 Å². The molecule has 0 amide bonds. The number of hydrogen-bond donors (Lipinski definition) is 0. The monoisotopic (exact) mass is 2500 g/mol. The third-order valence-corrected chi connectivity index (χ3v) is 25.2. The third kappa shape index (κ3) is 20.4. The SMILES string of the molecule is CN=Cc1[c-]c(B(c2[c-]c(C=NC)ccc2)c2ccccc2)ccc1.Cc1cc(C)c(B(c2cccc(-c3[c-]cccc3)n2)c2cccc(-c3[c-]cccc3)n2)c(C)c1.[Pt+2].[Pt+2].[Pt+2].[Pt+2].[c-]1c(-c2ccccn2)cccc1C1(c2[c-]c(-c3ccccn3)ccc2)c2ccccc2-c2ccccc21.[c-]1c2cccc1-c1cccc(n1)C1(c3cccc(n3)-c3[c-]c(ccc3)C=C2)c2ccccc2-c2ccccc21. The van der Waals surface area contributed by atoms with Crippen LogP contribution in [0.5, 0.6) is 0 Å². The maximum Gasteiger partial charge on any atom is 2.00 e. The molecule has 14 aromatic carbocycles. The molecule has 0 fully saturated rings. The van der Waals surface area contributed by atoms with Gasteiger partial charge in [-0.25, -0.2) is 0 Å². The smallest absolute Gasteiger partial charge is 0.344 e. The zero-order chi connectivity index (χ0) is 91.4. The van der Waals surface area contributed by atoms with Crippen molar-refractivity contribution in [2.75, 3.05) is 14.1 Å². The topological polar surface area (TPSA) is 102 Å². The molecule has 8 nitrogen and oxygen atoms in total. The van der Waals surface area contributed by atoms with E-state index in [1.165, 1.54) is 72.1 Å². The fourth-order valence-corrected chi connectivity index (χ4v) is 19.5. The van der Waals surface area contributed by atoms with Crippen molar-refractivity contribution in [1.29, 1.82) is 0 Å². The number of nitrogens with zero attached hydrogens (tertiary/aromatic N) is 8. The van der Waals surface area contributed by atoms with E-state index in [9.17, 15) is 0 Å². The minimum absolute atomic E-state index is 0. The molecule has 0 saturated carbocycles. The Morgan fingerprint density at radius 2 is 0.640 bits per heavy atom. The molecular formula is C125H88B2N8Pt4. The second-order valence-corrected chi connectivity index (χ2v) is 33.7. The number of aromatic nitrogens is 6. The van der Waals surface area contributed by atoms with E-state index in [0.29, 0.717) is 0 Å². The van der Waals surface area contributed by atoms with Crippen LogP contribution in [0, 0.1) is 69.3 Å². The Balaban J connectivity index is 0.000000134. The molecule has 0 unspecified atom stereocenters. The molecule has 0 atom stereocenters. The van der Waals surface area contributed by atoms with Crippen LogP contribution < -0.4 is 33.0 Å². The number of benzene rings is 14. The fourth-order valence-electron chi connectivity index (χ4n) is 19.5. The van der Waals surface area contributed by atoms with Crippen molar-refractivity contribution in [3.8, 4) is 89.8 Å². The van der Waals surface area contributed by atoms with Crippen LogP contribution >= 0.6 is 0 Å². The van der Waals surface area contributed by atoms with Gasteiger partial charge in [0.1, 0.15) is 5.41 Å². The van der Waals surface area contributed by atoms with E-state index < -0.39 is 10.8 Å². The molecule has 20 aromatic rings. The van der Waals surface area contributed by atoms with Gasteiger partial charge in [-0.15, -0.1) is 262 Å². The second-order valence-electron chi connectivity index (χ2n) is 33.7. The van der Waals surface area contributed by atoms with Gasteiger partial charge < -0.3 is 29.9 Å². The third-order valence-electron chi connectivity index (χ3n) is 25.2. The van der Waals surface area contributed by atoms with Gasteiger partial charge in [-0.3, -0.25) is 9.97 Å². The van der Waals surface area contributed by atoms with Gasteiger partial charge in [0.15, 0.2) is 0 Å². The standard InChI is InChI=1S/C37H22N2.C35H22N2.C31H25BN2.C22H19BN2.4Pt/c1-3-15-31-29(13-1)30-14-2-4-16-32(30)37(31)35-19-7-17-33(38-35)27-11-5-9-25(23-27)21-22-26-10-6-12-28(24-26)34-18-8-20-36(37)39-34;1-3-17-31-29(15-1)30-16-2-4-18-32(30)35(31,27-13-9-11-25(23-27)33-19-5-7-21-36-33)28-14-10-12-26(24-28)34-20-6-8-22-37-34;1-22-20-23(2)31(24(3)21-22)32(29-18-10-16-27(33-29)25-12-6-4-7-13-25)30-19-11-17-28(34-30)26-14-8-5-9-15-26;1-24-16-18-8-6-12-21(14-18)23(20-10-4-3-5-11-20)22-13-7-9-19(15-22)17-25-2;;;;/h1-22H;1-22H;4-12,14,16-21H,1-3H3;3-13,16-17H,1-2H3;;;;/q4*-2;4*+2. The van der Waals surface area contributed by atoms with Gasteiger partial charge in [-0.1, -0.05) is 276 Å². The predicted molar refractivity (Wildman–Crippen MR) is 556 cm³/mol. The summed E-state index contributed by atoms with van der Waals surface area (Å²) in [5, 5.41) is 0. The van der Waals surface area contributed by atoms with E-state index in [1.807, 2.05) is 140 Å². The van der Waals surface area contributed by atoms with Crippen molar-refractivity contribution in [2.24, 2.45) is 9.98 Å². The van der Waals surface area contributed by atoms with Gasteiger partial charge in [-0.05, 0) is 112 Å². The summed E-state index contributed by atoms with van der Waals surface area (Å²) in [6.07, 6.45) is 11.5. The molecule has 14 heteroatoms. The van der Waals surface area contributed by atoms with Gasteiger partial charge in [0.05, 0.1) is 11.4 Å². The van der Waals surface area contributed by atoms with Crippen molar-refractivity contribution < 1.29 is 84.3 Å². The van der Waals surface area contributed by atoms with Gasteiger partial charge in [0, 0.05) is 54.5 Å². The van der Waals surface area contributed by atoms with Crippen LogP contribution in [0.25, 0.3) is 102 Å². The van der Waals surface area contributed by atoms with Crippen LogP contribution in [0.1, 0.15) is 83.7 Å². The van der Waals surface area contributed by atoms with Crippen molar-refractivity contribution in [2.45, 2.75) is 31.6 Å². The van der Waals surface area contributed by atoms with Crippen LogP contribution in [-0.2, 0) is 95.1 Å². The van der Waals surface area contributed by atoms with E-state index in [2.05, 4.69) is 393 Å². The Morgan fingerprint density at radius 1 is 0.288 bits per heavy atom. The van der Waals surface area contributed by atoms with Gasteiger partial charge in [-0.2, -0.15) is 23.1 Å². The summed E-state index contributed by atoms with van der Waals surface area (Å²) >= 11 is 0. The molecule has 6 aromatic heterocycles. The molecule has 674 valence electrons. The number of aryl methyl sites for hydroxylation is 3. The van der Waals surface area contributed by atoms with E-state index >= 15 is 0 Å². The Hall–Kier alpha value is -14.1. The molecule has 139 heavy (non-hydrogen) atoms. The van der Waals surface area contributed by atoms with E-state index in [1.54, 1.807) is 14.1 Å². The average molecular weight is 2500 g/mol. The molecule has 2 aliphatic carbocycles. The number of pyridine rings is 6. The average Bonchev–Trinajstić information content (AvgIpc) is 1.54. The summed E-state index contributed by atoms with van der Waals surface area (Å²) in [4.78, 5) is 38.4. The minimum atomic E-state index is -0.674. The Kier molecular flexibility index (Phi) is 31.8. The molecule has 3 aliphatic rings. The van der Waals surface area contributed by atoms with E-state index in [4.69, 9.17) is 19.9 Å². The first-order valence-electron chi connectivity index (χ1n) is 45.4. The first-order valence-corrected chi connectivity index (χ1v) is 45.4. The zero-order valence-electron chi connectivity index (χ0n) is 76.6. The summed E-state index contributed by atoms with van der Waals surface area (Å²) in [5.74, 6) is 0. The molecule has 1 spiro atoms. The molecule has 1 aliphatic heterocycles. The quantitative estimate of drug-likeness (QED) is 0.0611. The van der Waals surface area contributed by atoms with E-state index in [-0.39, 0.29) is 97.7 Å². The Labute approximate surface area is 873 Å². The molecule has 7 heterocycles.